The summed E-state index contributed by atoms with van der Waals surface area (Å²) in [6, 6.07) is -0.208. The topological polar surface area (TPSA) is 40.5 Å². The fourth-order valence-electron chi connectivity index (χ4n) is 0.501. The van der Waals surface area contributed by atoms with Crippen molar-refractivity contribution in [2.75, 3.05) is 6.54 Å². The molecule has 11 heavy (non-hydrogen) atoms. The van der Waals surface area contributed by atoms with Gasteiger partial charge >= 0.3 is 5.97 Å². The molecule has 0 saturated heterocycles. The largest absolute Gasteiger partial charge is 0.481 e. The summed E-state index contributed by atoms with van der Waals surface area (Å²) in [6.45, 7) is 7.77. The molecule has 0 aromatic heterocycles. The van der Waals surface area contributed by atoms with E-state index < -0.39 is 5.97 Å². The second-order valence-corrected chi connectivity index (χ2v) is 2.65. The molecular formula is C6H12NO2PY-2. The van der Waals surface area contributed by atoms with Crippen molar-refractivity contribution in [2.45, 2.75) is 12.5 Å². The van der Waals surface area contributed by atoms with Gasteiger partial charge in [0.15, 0.2) is 0 Å². The predicted octanol–water partition coefficient (Wildman–Crippen LogP) is 0.587. The molecule has 0 bridgehead atoms. The average molecular weight is 250 g/mol. The fraction of sp³-hybridized carbons (Fsp3) is 0.500. The number of hydrogen-bond acceptors (Lipinski definition) is 2. The van der Waals surface area contributed by atoms with Gasteiger partial charge in [0.2, 0.25) is 0 Å². The zero-order valence-corrected chi connectivity index (χ0v) is 10.4. The van der Waals surface area contributed by atoms with Crippen molar-refractivity contribution >= 4 is 15.4 Å². The standard InChI is InChI=1S/C6H12NO2P.Y/c1-3-7(10)5(2)4-6(8)9;/h5H,1-4,10H2,(H,8,9);/q-2;. The first kappa shape index (κ1) is 14.5. The van der Waals surface area contributed by atoms with Gasteiger partial charge in [0, 0.05) is 39.1 Å². The predicted molar refractivity (Wildman–Crippen MR) is 43.2 cm³/mol. The minimum absolute atomic E-state index is 0. The SMILES string of the molecule is [CH2-]CN(P)C([CH2-])CC(=O)O.[Y]. The van der Waals surface area contributed by atoms with Crippen LogP contribution in [-0.4, -0.2) is 28.3 Å². The number of hydrogen-bond donors (Lipinski definition) is 1. The first-order chi connectivity index (χ1) is 4.57. The van der Waals surface area contributed by atoms with E-state index >= 15 is 0 Å². The summed E-state index contributed by atoms with van der Waals surface area (Å²) in [5.74, 6) is -0.832. The summed E-state index contributed by atoms with van der Waals surface area (Å²) in [4.78, 5) is 10.1. The molecule has 0 rings (SSSR count). The molecule has 3 nitrogen and oxygen atoms in total. The molecule has 0 heterocycles. The summed E-state index contributed by atoms with van der Waals surface area (Å²) in [6.07, 6.45) is 0.0546. The van der Waals surface area contributed by atoms with Crippen LogP contribution in [0.2, 0.25) is 0 Å². The number of aliphatic carboxylic acids is 1. The van der Waals surface area contributed by atoms with Crippen molar-refractivity contribution in [1.82, 2.24) is 4.67 Å². The minimum atomic E-state index is -0.832. The quantitative estimate of drug-likeness (QED) is 0.586. The summed E-state index contributed by atoms with van der Waals surface area (Å²) in [7, 11) is 2.38. The molecule has 0 aromatic rings. The number of carboxylic acid groups (broad SMARTS) is 1. The smallest absolute Gasteiger partial charge is 0.302 e. The van der Waals surface area contributed by atoms with Gasteiger partial charge in [-0.05, 0) is 0 Å². The Bertz CT molecular complexity index is 123. The monoisotopic (exact) mass is 250 g/mol. The first-order valence-corrected chi connectivity index (χ1v) is 3.45. The van der Waals surface area contributed by atoms with Gasteiger partial charge in [-0.15, -0.1) is 12.6 Å². The molecule has 0 aliphatic carbocycles. The average Bonchev–Trinajstić information content (AvgIpc) is 1.85. The van der Waals surface area contributed by atoms with E-state index in [4.69, 9.17) is 5.11 Å². The van der Waals surface area contributed by atoms with Crippen molar-refractivity contribution in [2.24, 2.45) is 0 Å². The molecule has 0 aliphatic heterocycles. The second-order valence-electron chi connectivity index (χ2n) is 1.99. The van der Waals surface area contributed by atoms with Crippen molar-refractivity contribution in [3.05, 3.63) is 13.8 Å². The Hall–Kier alpha value is 0.964. The van der Waals surface area contributed by atoms with Crippen LogP contribution >= 0.6 is 9.39 Å². The molecule has 0 aliphatic rings. The third-order valence-corrected chi connectivity index (χ3v) is 1.82. The molecule has 0 aromatic carbocycles. The molecule has 2 unspecified atom stereocenters. The number of rotatable bonds is 4. The molecule has 1 N–H and O–H groups in total. The Morgan fingerprint density at radius 1 is 1.73 bits per heavy atom. The van der Waals surface area contributed by atoms with Gasteiger partial charge in [-0.3, -0.25) is 4.79 Å². The Kier molecular flexibility index (Phi) is 10.0. The number of carboxylic acids is 1. The van der Waals surface area contributed by atoms with Crippen LogP contribution in [0, 0.1) is 13.8 Å². The molecule has 0 fully saturated rings. The van der Waals surface area contributed by atoms with Gasteiger partial charge in [0.05, 0.1) is 0 Å². The van der Waals surface area contributed by atoms with E-state index in [0.717, 1.165) is 0 Å². The zero-order valence-electron chi connectivity index (χ0n) is 6.36. The zero-order chi connectivity index (χ0) is 8.15. The van der Waals surface area contributed by atoms with Crippen LogP contribution in [0.4, 0.5) is 0 Å². The van der Waals surface area contributed by atoms with Gasteiger partial charge in [0.25, 0.3) is 0 Å². The normalized spacial score (nSPS) is 12.4. The van der Waals surface area contributed by atoms with Crippen LogP contribution in [0.15, 0.2) is 0 Å². The van der Waals surface area contributed by atoms with E-state index in [-0.39, 0.29) is 45.2 Å². The Morgan fingerprint density at radius 2 is 2.18 bits per heavy atom. The molecule has 0 saturated carbocycles. The Morgan fingerprint density at radius 3 is 2.45 bits per heavy atom. The summed E-state index contributed by atoms with van der Waals surface area (Å²) in [5, 5.41) is 8.33. The van der Waals surface area contributed by atoms with Gasteiger partial charge in [-0.1, -0.05) is 9.39 Å². The maximum absolute atomic E-state index is 10.1. The maximum Gasteiger partial charge on any atom is 0.302 e. The van der Waals surface area contributed by atoms with Crippen LogP contribution in [-0.2, 0) is 37.5 Å². The van der Waals surface area contributed by atoms with Crippen LogP contribution in [0.1, 0.15) is 6.42 Å². The van der Waals surface area contributed by atoms with Crippen molar-refractivity contribution in [3.63, 3.8) is 0 Å². The van der Waals surface area contributed by atoms with E-state index in [2.05, 4.69) is 23.2 Å². The molecule has 1 radical (unpaired) electrons. The van der Waals surface area contributed by atoms with Gasteiger partial charge in [-0.2, -0.15) is 0 Å². The van der Waals surface area contributed by atoms with Crippen molar-refractivity contribution in [3.8, 4) is 0 Å². The Labute approximate surface area is 95.0 Å². The third kappa shape index (κ3) is 7.33. The van der Waals surface area contributed by atoms with Gasteiger partial charge < -0.3 is 23.6 Å². The van der Waals surface area contributed by atoms with Gasteiger partial charge in [0.1, 0.15) is 0 Å². The number of nitrogens with zero attached hydrogens (tertiary/aromatic N) is 1. The van der Waals surface area contributed by atoms with E-state index in [9.17, 15) is 4.79 Å². The Balaban J connectivity index is 0. The summed E-state index contributed by atoms with van der Waals surface area (Å²) in [5.41, 5.74) is 0. The van der Waals surface area contributed by atoms with Gasteiger partial charge in [-0.25, -0.2) is 0 Å². The van der Waals surface area contributed by atoms with Crippen molar-refractivity contribution in [1.29, 1.82) is 0 Å². The molecule has 0 spiro atoms. The van der Waals surface area contributed by atoms with E-state index in [1.165, 1.54) is 0 Å². The molecular weight excluding hydrogens is 238 g/mol. The van der Waals surface area contributed by atoms with E-state index in [1.807, 2.05) is 0 Å². The van der Waals surface area contributed by atoms with Crippen LogP contribution < -0.4 is 0 Å². The minimum Gasteiger partial charge on any atom is -0.481 e. The molecule has 2 atom stereocenters. The van der Waals surface area contributed by atoms with Crippen LogP contribution in [0.3, 0.4) is 0 Å². The third-order valence-electron chi connectivity index (χ3n) is 1.14. The summed E-state index contributed by atoms with van der Waals surface area (Å²) >= 11 is 0. The van der Waals surface area contributed by atoms with Crippen LogP contribution in [0.25, 0.3) is 0 Å². The van der Waals surface area contributed by atoms with Crippen LogP contribution in [0.5, 0.6) is 0 Å². The molecule has 63 valence electrons. The maximum atomic E-state index is 10.1. The van der Waals surface area contributed by atoms with Crippen molar-refractivity contribution < 1.29 is 42.6 Å². The van der Waals surface area contributed by atoms with E-state index in [0.29, 0.717) is 6.54 Å². The van der Waals surface area contributed by atoms with E-state index in [1.54, 1.807) is 4.67 Å². The second kappa shape index (κ2) is 7.60. The first-order valence-electron chi connectivity index (χ1n) is 2.93. The summed E-state index contributed by atoms with van der Waals surface area (Å²) < 4.78 is 1.70. The fourth-order valence-corrected chi connectivity index (χ4v) is 0.607. The molecule has 5 heteroatoms. The molecule has 0 amide bonds. The number of carbonyl (C=O) groups is 1.